The minimum atomic E-state index is -4.49. The Morgan fingerprint density at radius 1 is 1.20 bits per heavy atom. The summed E-state index contributed by atoms with van der Waals surface area (Å²) >= 11 is 5.75. The number of halogens is 4. The summed E-state index contributed by atoms with van der Waals surface area (Å²) in [6, 6.07) is 2.33. The lowest BCUT2D eigenvalue weighted by Crippen LogP contribution is -2.37. The molecule has 5 nitrogen and oxygen atoms in total. The van der Waals surface area contributed by atoms with E-state index in [-0.39, 0.29) is 10.8 Å². The smallest absolute Gasteiger partial charge is 0.378 e. The van der Waals surface area contributed by atoms with E-state index in [4.69, 9.17) is 16.3 Å². The van der Waals surface area contributed by atoms with E-state index in [1.54, 1.807) is 0 Å². The molecule has 0 aliphatic carbocycles. The maximum absolute atomic E-state index is 12.9. The van der Waals surface area contributed by atoms with Gasteiger partial charge in [0.25, 0.3) is 0 Å². The van der Waals surface area contributed by atoms with Gasteiger partial charge in [0.15, 0.2) is 5.82 Å². The average Bonchev–Trinajstić information content (AvgIpc) is 2.82. The normalized spacial score (nSPS) is 16.9. The third kappa shape index (κ3) is 2.29. The first-order valence-corrected chi connectivity index (χ1v) is 6.30. The van der Waals surface area contributed by atoms with Crippen LogP contribution in [-0.4, -0.2) is 40.9 Å². The molecular weight excluding hydrogens is 297 g/mol. The summed E-state index contributed by atoms with van der Waals surface area (Å²) in [6.07, 6.45) is -4.49. The first-order valence-electron chi connectivity index (χ1n) is 5.92. The van der Waals surface area contributed by atoms with Crippen molar-refractivity contribution in [1.82, 2.24) is 14.6 Å². The van der Waals surface area contributed by atoms with Gasteiger partial charge in [-0.1, -0.05) is 0 Å². The van der Waals surface area contributed by atoms with Gasteiger partial charge in [-0.3, -0.25) is 0 Å². The Kier molecular flexibility index (Phi) is 3.21. The molecule has 0 radical (unpaired) electrons. The molecule has 2 aromatic heterocycles. The summed E-state index contributed by atoms with van der Waals surface area (Å²) in [5.74, 6) is 0.392. The highest BCUT2D eigenvalue weighted by Crippen LogP contribution is 2.32. The number of morpholine rings is 1. The Morgan fingerprint density at radius 3 is 2.55 bits per heavy atom. The standard InChI is InChI=1S/C11H10ClF3N4O/c12-10-16-9(18-3-5-20-6-4-18)7-1-2-8(11(13,14)15)19(7)17-10/h1-2H,3-6H2. The Labute approximate surface area is 116 Å². The highest BCUT2D eigenvalue weighted by molar-refractivity contribution is 6.28. The zero-order valence-corrected chi connectivity index (χ0v) is 10.9. The second-order valence-corrected chi connectivity index (χ2v) is 4.66. The molecule has 0 N–H and O–H groups in total. The largest absolute Gasteiger partial charge is 0.433 e. The van der Waals surface area contributed by atoms with Crippen LogP contribution in [0.15, 0.2) is 12.1 Å². The molecule has 1 saturated heterocycles. The minimum Gasteiger partial charge on any atom is -0.378 e. The van der Waals surface area contributed by atoms with Crippen molar-refractivity contribution in [2.75, 3.05) is 31.2 Å². The van der Waals surface area contributed by atoms with Gasteiger partial charge < -0.3 is 9.64 Å². The van der Waals surface area contributed by atoms with Crippen molar-refractivity contribution in [3.05, 3.63) is 23.1 Å². The molecule has 1 aliphatic heterocycles. The maximum Gasteiger partial charge on any atom is 0.433 e. The molecule has 0 atom stereocenters. The second-order valence-electron chi connectivity index (χ2n) is 4.32. The van der Waals surface area contributed by atoms with Crippen LogP contribution in [0.1, 0.15) is 5.69 Å². The van der Waals surface area contributed by atoms with E-state index in [2.05, 4.69) is 10.1 Å². The van der Waals surface area contributed by atoms with Crippen LogP contribution in [0.3, 0.4) is 0 Å². The molecule has 0 saturated carbocycles. The lowest BCUT2D eigenvalue weighted by Gasteiger charge is -2.28. The summed E-state index contributed by atoms with van der Waals surface area (Å²) in [6.45, 7) is 2.10. The van der Waals surface area contributed by atoms with Gasteiger partial charge in [-0.15, -0.1) is 5.10 Å². The van der Waals surface area contributed by atoms with Gasteiger partial charge in [-0.05, 0) is 23.7 Å². The molecule has 2 aromatic rings. The fourth-order valence-electron chi connectivity index (χ4n) is 2.18. The Bertz CT molecular complexity index is 636. The van der Waals surface area contributed by atoms with Crippen LogP contribution < -0.4 is 4.90 Å². The molecule has 9 heteroatoms. The van der Waals surface area contributed by atoms with Crippen molar-refractivity contribution in [2.24, 2.45) is 0 Å². The zero-order chi connectivity index (χ0) is 14.3. The maximum atomic E-state index is 12.9. The molecule has 0 amide bonds. The lowest BCUT2D eigenvalue weighted by atomic mass is 10.4. The number of hydrogen-bond acceptors (Lipinski definition) is 4. The average molecular weight is 307 g/mol. The number of alkyl halides is 3. The zero-order valence-electron chi connectivity index (χ0n) is 10.2. The third-order valence-electron chi connectivity index (χ3n) is 3.07. The van der Waals surface area contributed by atoms with Gasteiger partial charge >= 0.3 is 6.18 Å². The number of nitrogens with zero attached hydrogens (tertiary/aromatic N) is 4. The van der Waals surface area contributed by atoms with Gasteiger partial charge in [0.05, 0.1) is 13.2 Å². The third-order valence-corrected chi connectivity index (χ3v) is 3.23. The highest BCUT2D eigenvalue weighted by atomic mass is 35.5. The van der Waals surface area contributed by atoms with Crippen LogP contribution in [0.4, 0.5) is 19.0 Å². The van der Waals surface area contributed by atoms with E-state index >= 15 is 0 Å². The molecule has 3 heterocycles. The van der Waals surface area contributed by atoms with Crippen LogP contribution in [0.25, 0.3) is 5.52 Å². The van der Waals surface area contributed by atoms with E-state index in [0.717, 1.165) is 10.6 Å². The van der Waals surface area contributed by atoms with E-state index in [9.17, 15) is 13.2 Å². The predicted molar refractivity (Wildman–Crippen MR) is 66.0 cm³/mol. The number of fused-ring (bicyclic) bond motifs is 1. The number of ether oxygens (including phenoxy) is 1. The SMILES string of the molecule is FC(F)(F)c1ccc2c(N3CCOCC3)nc(Cl)nn12. The van der Waals surface area contributed by atoms with Crippen LogP contribution in [0, 0.1) is 0 Å². The molecule has 1 aliphatic rings. The molecular formula is C11H10ClF3N4O. The molecule has 108 valence electrons. The fourth-order valence-corrected chi connectivity index (χ4v) is 2.33. The summed E-state index contributed by atoms with van der Waals surface area (Å²) in [4.78, 5) is 5.90. The summed E-state index contributed by atoms with van der Waals surface area (Å²) in [7, 11) is 0. The molecule has 3 rings (SSSR count). The van der Waals surface area contributed by atoms with Crippen LogP contribution in [-0.2, 0) is 10.9 Å². The number of aromatic nitrogens is 3. The number of rotatable bonds is 1. The van der Waals surface area contributed by atoms with E-state index in [1.807, 2.05) is 4.90 Å². The van der Waals surface area contributed by atoms with Crippen molar-refractivity contribution in [2.45, 2.75) is 6.18 Å². The quantitative estimate of drug-likeness (QED) is 0.810. The molecule has 0 bridgehead atoms. The van der Waals surface area contributed by atoms with Crippen LogP contribution >= 0.6 is 11.6 Å². The molecule has 0 spiro atoms. The number of anilines is 1. The van der Waals surface area contributed by atoms with Crippen molar-refractivity contribution in [1.29, 1.82) is 0 Å². The summed E-state index contributed by atoms with van der Waals surface area (Å²) in [5, 5.41) is 3.43. The van der Waals surface area contributed by atoms with Gasteiger partial charge in [-0.2, -0.15) is 18.2 Å². The van der Waals surface area contributed by atoms with Crippen LogP contribution in [0.2, 0.25) is 5.28 Å². The highest BCUT2D eigenvalue weighted by Gasteiger charge is 2.35. The van der Waals surface area contributed by atoms with E-state index in [1.165, 1.54) is 6.07 Å². The summed E-state index contributed by atoms with van der Waals surface area (Å²) < 4.78 is 44.7. The van der Waals surface area contributed by atoms with Gasteiger partial charge in [-0.25, -0.2) is 4.52 Å². The van der Waals surface area contributed by atoms with Gasteiger partial charge in [0, 0.05) is 13.1 Å². The molecule has 0 unspecified atom stereocenters. The second kappa shape index (κ2) is 4.78. The van der Waals surface area contributed by atoms with E-state index < -0.39 is 11.9 Å². The Balaban J connectivity index is 2.15. The number of hydrogen-bond donors (Lipinski definition) is 0. The van der Waals surface area contributed by atoms with Gasteiger partial charge in [0.2, 0.25) is 5.28 Å². The minimum absolute atomic E-state index is 0.222. The summed E-state index contributed by atoms with van der Waals surface area (Å²) in [5.41, 5.74) is -0.588. The molecule has 1 fully saturated rings. The van der Waals surface area contributed by atoms with E-state index in [0.29, 0.717) is 32.1 Å². The fraction of sp³-hybridized carbons (Fsp3) is 0.455. The van der Waals surface area contributed by atoms with Crippen LogP contribution in [0.5, 0.6) is 0 Å². The monoisotopic (exact) mass is 306 g/mol. The molecule has 0 aromatic carbocycles. The first kappa shape index (κ1) is 13.4. The first-order chi connectivity index (χ1) is 9.47. The Hall–Kier alpha value is -1.54. The Morgan fingerprint density at radius 2 is 1.90 bits per heavy atom. The lowest BCUT2D eigenvalue weighted by molar-refractivity contribution is -0.142. The van der Waals surface area contributed by atoms with Crippen molar-refractivity contribution in [3.8, 4) is 0 Å². The molecule has 20 heavy (non-hydrogen) atoms. The van der Waals surface area contributed by atoms with Crippen molar-refractivity contribution in [3.63, 3.8) is 0 Å². The topological polar surface area (TPSA) is 42.7 Å². The predicted octanol–water partition coefficient (Wildman–Crippen LogP) is 2.24. The van der Waals surface area contributed by atoms with Crippen molar-refractivity contribution >= 4 is 22.9 Å². The van der Waals surface area contributed by atoms with Crippen molar-refractivity contribution < 1.29 is 17.9 Å². The van der Waals surface area contributed by atoms with Gasteiger partial charge in [0.1, 0.15) is 11.2 Å².